The number of nitrogens with one attached hydrogen (secondary N) is 2. The van der Waals surface area contributed by atoms with E-state index in [9.17, 15) is 4.79 Å². The number of thiazole rings is 1. The molecule has 2 N–H and O–H groups in total. The van der Waals surface area contributed by atoms with Gasteiger partial charge >= 0.3 is 0 Å². The fraction of sp³-hybridized carbons (Fsp3) is 0.111. The van der Waals surface area contributed by atoms with Gasteiger partial charge < -0.3 is 10.1 Å². The normalized spacial score (nSPS) is 10.6. The molecule has 0 spiro atoms. The van der Waals surface area contributed by atoms with E-state index in [4.69, 9.17) is 29.0 Å². The van der Waals surface area contributed by atoms with Crippen molar-refractivity contribution in [2.45, 2.75) is 0 Å². The second-order valence-electron chi connectivity index (χ2n) is 5.49. The molecule has 6 nitrogen and oxygen atoms in total. The molecular formula is C18H14BClFN3O3S. The van der Waals surface area contributed by atoms with Gasteiger partial charge in [-0.15, -0.1) is 11.3 Å². The number of hydrogen-bond acceptors (Lipinski definition) is 6. The molecule has 0 unspecified atom stereocenters. The zero-order chi connectivity index (χ0) is 20.1. The third kappa shape index (κ3) is 4.44. The van der Waals surface area contributed by atoms with E-state index in [2.05, 4.69) is 22.4 Å². The maximum absolute atomic E-state index is 15.1. The van der Waals surface area contributed by atoms with Crippen molar-refractivity contribution >= 4 is 63.7 Å². The summed E-state index contributed by atoms with van der Waals surface area (Å²) in [5.41, 5.74) is 4.71. The Morgan fingerprint density at radius 1 is 1.39 bits per heavy atom. The Kier molecular flexibility index (Phi) is 6.51. The lowest BCUT2D eigenvalue weighted by atomic mass is 9.96. The fourth-order valence-electron chi connectivity index (χ4n) is 2.38. The molecule has 0 saturated heterocycles. The van der Waals surface area contributed by atoms with Gasteiger partial charge in [0.25, 0.3) is 5.91 Å². The largest absolute Gasteiger partial charge is 0.499 e. The van der Waals surface area contributed by atoms with Gasteiger partial charge in [0.1, 0.15) is 26.6 Å². The fourth-order valence-corrected chi connectivity index (χ4v) is 3.32. The van der Waals surface area contributed by atoms with E-state index in [-0.39, 0.29) is 35.0 Å². The van der Waals surface area contributed by atoms with Crippen LogP contribution in [0.4, 0.5) is 15.8 Å². The minimum atomic E-state index is -0.674. The van der Waals surface area contributed by atoms with Gasteiger partial charge in [-0.1, -0.05) is 29.7 Å². The van der Waals surface area contributed by atoms with Crippen LogP contribution in [0.3, 0.4) is 0 Å². The first-order valence-corrected chi connectivity index (χ1v) is 9.29. The number of halogens is 2. The van der Waals surface area contributed by atoms with Crippen LogP contribution >= 0.6 is 22.9 Å². The van der Waals surface area contributed by atoms with E-state index in [0.29, 0.717) is 15.9 Å². The minimum Gasteiger partial charge on any atom is -0.499 e. The molecular weight excluding hydrogens is 404 g/mol. The predicted octanol–water partition coefficient (Wildman–Crippen LogP) is 3.45. The molecule has 2 radical (unpaired) electrons. The summed E-state index contributed by atoms with van der Waals surface area (Å²) in [6, 6.07) is 6.25. The number of carbonyl (C=O) groups is 1. The molecule has 0 fully saturated rings. The monoisotopic (exact) mass is 417 g/mol. The van der Waals surface area contributed by atoms with E-state index < -0.39 is 11.7 Å². The van der Waals surface area contributed by atoms with Crippen LogP contribution in [-0.4, -0.2) is 32.0 Å². The molecule has 2 aromatic carbocycles. The van der Waals surface area contributed by atoms with Gasteiger partial charge in [-0.05, 0) is 18.2 Å². The molecule has 1 amide bonds. The molecule has 142 valence electrons. The Labute approximate surface area is 170 Å². The van der Waals surface area contributed by atoms with Crippen molar-refractivity contribution in [1.82, 2.24) is 10.5 Å². The Morgan fingerprint density at radius 2 is 2.21 bits per heavy atom. The van der Waals surface area contributed by atoms with Crippen LogP contribution < -0.4 is 16.3 Å². The number of hydroxylamine groups is 1. The zero-order valence-corrected chi connectivity index (χ0v) is 16.1. The molecule has 1 heterocycles. The maximum atomic E-state index is 15.1. The molecule has 28 heavy (non-hydrogen) atoms. The predicted molar refractivity (Wildman–Crippen MR) is 109 cm³/mol. The van der Waals surface area contributed by atoms with Crippen molar-refractivity contribution in [3.63, 3.8) is 0 Å². The van der Waals surface area contributed by atoms with Crippen LogP contribution in [0.1, 0.15) is 10.4 Å². The van der Waals surface area contributed by atoms with Gasteiger partial charge in [-0.2, -0.15) is 0 Å². The number of anilines is 2. The summed E-state index contributed by atoms with van der Waals surface area (Å²) < 4.78 is 20.5. The molecule has 3 aromatic rings. The second kappa shape index (κ2) is 9.05. The first-order valence-electron chi connectivity index (χ1n) is 8.03. The Bertz CT molecular complexity index is 1030. The lowest BCUT2D eigenvalue weighted by Gasteiger charge is -2.15. The number of rotatable bonds is 8. The number of benzene rings is 2. The minimum absolute atomic E-state index is 0.0341. The summed E-state index contributed by atoms with van der Waals surface area (Å²) in [6.45, 7) is 3.70. The highest BCUT2D eigenvalue weighted by molar-refractivity contribution is 7.16. The Morgan fingerprint density at radius 3 is 2.96 bits per heavy atom. The summed E-state index contributed by atoms with van der Waals surface area (Å²) >= 11 is 7.38. The number of carbonyl (C=O) groups excluding carboxylic acids is 1. The molecule has 0 saturated carbocycles. The van der Waals surface area contributed by atoms with Crippen molar-refractivity contribution < 1.29 is 18.8 Å². The van der Waals surface area contributed by atoms with Gasteiger partial charge in [0, 0.05) is 0 Å². The molecule has 3 rings (SSSR count). The zero-order valence-electron chi connectivity index (χ0n) is 14.5. The van der Waals surface area contributed by atoms with Gasteiger partial charge in [0.2, 0.25) is 0 Å². The second-order valence-corrected chi connectivity index (χ2v) is 6.79. The van der Waals surface area contributed by atoms with Crippen LogP contribution in [0, 0.1) is 5.82 Å². The maximum Gasteiger partial charge on any atom is 0.277 e. The number of amides is 1. The molecule has 10 heteroatoms. The number of ether oxygens (including phenoxy) is 1. The van der Waals surface area contributed by atoms with Crippen LogP contribution in [0.5, 0.6) is 0 Å². The smallest absolute Gasteiger partial charge is 0.277 e. The van der Waals surface area contributed by atoms with Crippen LogP contribution in [0.25, 0.3) is 10.2 Å². The van der Waals surface area contributed by atoms with Crippen molar-refractivity contribution in [2.75, 3.05) is 18.5 Å². The van der Waals surface area contributed by atoms with Crippen molar-refractivity contribution in [3.05, 3.63) is 59.0 Å². The number of fused-ring (bicyclic) bond motifs is 1. The number of aromatic nitrogens is 1. The summed E-state index contributed by atoms with van der Waals surface area (Å²) in [4.78, 5) is 21.6. The summed E-state index contributed by atoms with van der Waals surface area (Å²) in [6.07, 6.45) is 1.26. The third-order valence-corrected chi connectivity index (χ3v) is 4.74. The standard InChI is InChI=1S/C18H14BClFN3O3S/c1-2-26-5-6-27-24-18(25)11-8-14-17(22-9-28-14)15(21)16(11)23-13-4-3-10(19)7-12(13)20/h2-4,7-9,23H,1,5-6H2,(H,24,25). The lowest BCUT2D eigenvalue weighted by Crippen LogP contribution is -2.26. The molecule has 0 aliphatic rings. The van der Waals surface area contributed by atoms with Crippen LogP contribution in [0.15, 0.2) is 42.6 Å². The SMILES string of the molecule is [B]c1ccc(Nc2c(C(=O)NOCCOC=C)cc3scnc3c2F)c(Cl)c1. The first-order chi connectivity index (χ1) is 13.5. The Balaban J connectivity index is 1.92. The van der Waals surface area contributed by atoms with E-state index in [1.54, 1.807) is 12.1 Å². The third-order valence-electron chi connectivity index (χ3n) is 3.65. The highest BCUT2D eigenvalue weighted by atomic mass is 35.5. The van der Waals surface area contributed by atoms with E-state index in [1.807, 2.05) is 0 Å². The van der Waals surface area contributed by atoms with E-state index in [0.717, 1.165) is 0 Å². The number of hydrogen-bond donors (Lipinski definition) is 2. The van der Waals surface area contributed by atoms with Crippen LogP contribution in [0.2, 0.25) is 5.02 Å². The summed E-state index contributed by atoms with van der Waals surface area (Å²) in [5.74, 6) is -1.31. The van der Waals surface area contributed by atoms with E-state index in [1.165, 1.54) is 35.2 Å². The van der Waals surface area contributed by atoms with Gasteiger partial charge in [0.15, 0.2) is 5.82 Å². The quantitative estimate of drug-likeness (QED) is 0.254. The first kappa shape index (κ1) is 20.1. The van der Waals surface area contributed by atoms with E-state index >= 15 is 4.39 Å². The van der Waals surface area contributed by atoms with Gasteiger partial charge in [-0.3, -0.25) is 9.63 Å². The molecule has 0 aliphatic heterocycles. The van der Waals surface area contributed by atoms with Crippen molar-refractivity contribution in [2.24, 2.45) is 0 Å². The molecule has 0 bridgehead atoms. The molecule has 0 aliphatic carbocycles. The van der Waals surface area contributed by atoms with Gasteiger partial charge in [-0.25, -0.2) is 14.9 Å². The average molecular weight is 418 g/mol. The molecule has 1 aromatic heterocycles. The Hall–Kier alpha value is -2.62. The topological polar surface area (TPSA) is 72.5 Å². The summed E-state index contributed by atoms with van der Waals surface area (Å²) in [5, 5.41) is 3.14. The van der Waals surface area contributed by atoms with Crippen molar-refractivity contribution in [1.29, 1.82) is 0 Å². The average Bonchev–Trinajstić information content (AvgIpc) is 3.14. The highest BCUT2D eigenvalue weighted by Crippen LogP contribution is 2.34. The van der Waals surface area contributed by atoms with Gasteiger partial charge in [0.05, 0.1) is 38.4 Å². The highest BCUT2D eigenvalue weighted by Gasteiger charge is 2.21. The van der Waals surface area contributed by atoms with Crippen molar-refractivity contribution in [3.8, 4) is 0 Å². The lowest BCUT2D eigenvalue weighted by molar-refractivity contribution is 0.0145. The number of nitrogens with zero attached hydrogens (tertiary/aromatic N) is 1. The summed E-state index contributed by atoms with van der Waals surface area (Å²) in [7, 11) is 5.69. The molecule has 0 atom stereocenters. The van der Waals surface area contributed by atoms with Crippen LogP contribution in [-0.2, 0) is 9.57 Å².